The van der Waals surface area contributed by atoms with E-state index in [2.05, 4.69) is 10.3 Å². The molecule has 0 saturated carbocycles. The minimum absolute atomic E-state index is 0.556. The summed E-state index contributed by atoms with van der Waals surface area (Å²) in [7, 11) is 0. The van der Waals surface area contributed by atoms with Crippen molar-refractivity contribution in [3.8, 4) is 0 Å². The molecule has 0 unspecified atom stereocenters. The Kier molecular flexibility index (Phi) is 1.84. The van der Waals surface area contributed by atoms with Crippen LogP contribution in [0.1, 0.15) is 0 Å². The standard InChI is InChI=1S/C6H7N3O/c7-6(10)9-5-2-1-3-8-4-5/h1-4H,(H3,7,9,10)/p+1. The number of aromatic nitrogens is 1. The summed E-state index contributed by atoms with van der Waals surface area (Å²) >= 11 is 0. The lowest BCUT2D eigenvalue weighted by molar-refractivity contribution is -0.377. The van der Waals surface area contributed by atoms with Gasteiger partial charge in [-0.15, -0.1) is 0 Å². The molecule has 0 atom stereocenters. The fourth-order valence-electron chi connectivity index (χ4n) is 0.613. The molecule has 0 aliphatic rings. The van der Waals surface area contributed by atoms with Gasteiger partial charge in [-0.25, -0.2) is 9.78 Å². The molecule has 1 aromatic rings. The second kappa shape index (κ2) is 2.82. The lowest BCUT2D eigenvalue weighted by atomic mass is 10.4. The second-order valence-electron chi connectivity index (χ2n) is 1.78. The van der Waals surface area contributed by atoms with Crippen molar-refractivity contribution in [1.29, 1.82) is 0 Å². The van der Waals surface area contributed by atoms with E-state index in [1.165, 1.54) is 0 Å². The van der Waals surface area contributed by atoms with Crippen LogP contribution in [0.15, 0.2) is 24.5 Å². The summed E-state index contributed by atoms with van der Waals surface area (Å²) in [6, 6.07) is 2.95. The van der Waals surface area contributed by atoms with Crippen molar-refractivity contribution in [2.75, 3.05) is 5.32 Å². The summed E-state index contributed by atoms with van der Waals surface area (Å²) in [5.74, 6) is 0. The van der Waals surface area contributed by atoms with Crippen LogP contribution in [-0.2, 0) is 0 Å². The Labute approximate surface area is 58.1 Å². The summed E-state index contributed by atoms with van der Waals surface area (Å²) in [4.78, 5) is 13.1. The van der Waals surface area contributed by atoms with Gasteiger partial charge in [-0.1, -0.05) is 0 Å². The Hall–Kier alpha value is -1.58. The van der Waals surface area contributed by atoms with Gasteiger partial charge >= 0.3 is 6.03 Å². The summed E-state index contributed by atoms with van der Waals surface area (Å²) in [5, 5.41) is 2.41. The van der Waals surface area contributed by atoms with Gasteiger partial charge in [0.1, 0.15) is 5.69 Å². The van der Waals surface area contributed by atoms with Crippen molar-refractivity contribution in [3.05, 3.63) is 24.5 Å². The molecule has 4 nitrogen and oxygen atoms in total. The Morgan fingerprint density at radius 1 is 1.70 bits per heavy atom. The molecule has 4 N–H and O–H groups in total. The molecule has 0 fully saturated rings. The van der Waals surface area contributed by atoms with E-state index in [-0.39, 0.29) is 0 Å². The Bertz CT molecular complexity index is 222. The first-order chi connectivity index (χ1) is 4.79. The molecule has 1 heterocycles. The van der Waals surface area contributed by atoms with Crippen LogP contribution < -0.4 is 16.0 Å². The maximum atomic E-state index is 10.3. The van der Waals surface area contributed by atoms with E-state index in [0.717, 1.165) is 0 Å². The van der Waals surface area contributed by atoms with E-state index in [9.17, 15) is 4.79 Å². The van der Waals surface area contributed by atoms with Gasteiger partial charge in [-0.05, 0) is 6.07 Å². The molecule has 1 rings (SSSR count). The van der Waals surface area contributed by atoms with Crippen molar-refractivity contribution < 1.29 is 9.78 Å². The molecule has 4 heteroatoms. The predicted molar refractivity (Wildman–Crippen MR) is 36.2 cm³/mol. The molecule has 0 aliphatic carbocycles. The molecule has 2 amide bonds. The zero-order valence-corrected chi connectivity index (χ0v) is 5.29. The number of carbonyl (C=O) groups excluding carboxylic acids is 1. The minimum atomic E-state index is -0.556. The van der Waals surface area contributed by atoms with Crippen molar-refractivity contribution in [1.82, 2.24) is 0 Å². The first kappa shape index (κ1) is 6.54. The number of primary amides is 1. The fraction of sp³-hybridized carbons (Fsp3) is 0. The highest BCUT2D eigenvalue weighted by molar-refractivity contribution is 5.87. The van der Waals surface area contributed by atoms with E-state index in [4.69, 9.17) is 5.73 Å². The lowest BCUT2D eigenvalue weighted by Crippen LogP contribution is -2.20. The van der Waals surface area contributed by atoms with Crippen LogP contribution in [0.4, 0.5) is 10.5 Å². The fourth-order valence-corrected chi connectivity index (χ4v) is 0.613. The predicted octanol–water partition coefficient (Wildman–Crippen LogP) is -0.00870. The van der Waals surface area contributed by atoms with E-state index < -0.39 is 6.03 Å². The highest BCUT2D eigenvalue weighted by Gasteiger charge is 1.94. The average molecular weight is 138 g/mol. The van der Waals surface area contributed by atoms with Gasteiger partial charge < -0.3 is 11.1 Å². The Balaban J connectivity index is 2.67. The average Bonchev–Trinajstić information content (AvgIpc) is 1.88. The van der Waals surface area contributed by atoms with Crippen LogP contribution in [0.3, 0.4) is 0 Å². The number of carbonyl (C=O) groups is 1. The highest BCUT2D eigenvalue weighted by atomic mass is 16.2. The number of anilines is 1. The maximum Gasteiger partial charge on any atom is 0.316 e. The van der Waals surface area contributed by atoms with E-state index in [1.807, 2.05) is 0 Å². The Morgan fingerprint density at radius 2 is 2.50 bits per heavy atom. The van der Waals surface area contributed by atoms with Crippen molar-refractivity contribution in [3.63, 3.8) is 0 Å². The first-order valence-electron chi connectivity index (χ1n) is 2.81. The number of aromatic amines is 1. The second-order valence-corrected chi connectivity index (χ2v) is 1.78. The van der Waals surface area contributed by atoms with Gasteiger partial charge in [-0.3, -0.25) is 0 Å². The molecule has 10 heavy (non-hydrogen) atoms. The number of pyridine rings is 1. The Morgan fingerprint density at radius 3 is 3.00 bits per heavy atom. The zero-order valence-electron chi connectivity index (χ0n) is 5.29. The summed E-state index contributed by atoms with van der Waals surface area (Å²) < 4.78 is 0. The quantitative estimate of drug-likeness (QED) is 0.563. The number of rotatable bonds is 1. The number of amides is 2. The largest absolute Gasteiger partial charge is 0.351 e. The zero-order chi connectivity index (χ0) is 7.40. The van der Waals surface area contributed by atoms with Gasteiger partial charge in [0.05, 0.1) is 0 Å². The normalized spacial score (nSPS) is 8.80. The third-order valence-electron chi connectivity index (χ3n) is 0.975. The van der Waals surface area contributed by atoms with Crippen LogP contribution in [0, 0.1) is 0 Å². The molecule has 1 aromatic heterocycles. The van der Waals surface area contributed by atoms with E-state index in [0.29, 0.717) is 5.69 Å². The van der Waals surface area contributed by atoms with E-state index in [1.54, 1.807) is 24.5 Å². The molecule has 0 radical (unpaired) electrons. The number of hydrogen-bond donors (Lipinski definition) is 2. The van der Waals surface area contributed by atoms with Crippen molar-refractivity contribution in [2.24, 2.45) is 5.73 Å². The van der Waals surface area contributed by atoms with Gasteiger partial charge in [0.2, 0.25) is 0 Å². The number of urea groups is 1. The molecule has 0 spiro atoms. The number of H-pyrrole nitrogens is 1. The topological polar surface area (TPSA) is 69.3 Å². The number of nitrogens with one attached hydrogen (secondary N) is 2. The molecule has 52 valence electrons. The maximum absolute atomic E-state index is 10.3. The summed E-state index contributed by atoms with van der Waals surface area (Å²) in [5.41, 5.74) is 5.52. The van der Waals surface area contributed by atoms with Gasteiger partial charge in [0.25, 0.3) is 0 Å². The van der Waals surface area contributed by atoms with Gasteiger partial charge in [-0.2, -0.15) is 0 Å². The van der Waals surface area contributed by atoms with Gasteiger partial charge in [0, 0.05) is 6.07 Å². The molecule has 0 saturated heterocycles. The van der Waals surface area contributed by atoms with Crippen LogP contribution in [0.2, 0.25) is 0 Å². The van der Waals surface area contributed by atoms with Crippen molar-refractivity contribution in [2.45, 2.75) is 0 Å². The molecule has 0 aliphatic heterocycles. The van der Waals surface area contributed by atoms with Crippen LogP contribution in [0.25, 0.3) is 0 Å². The third kappa shape index (κ3) is 1.74. The lowest BCUT2D eigenvalue weighted by Gasteiger charge is -1.94. The van der Waals surface area contributed by atoms with Gasteiger partial charge in [0.15, 0.2) is 12.4 Å². The molecular formula is C6H8N3O+. The summed E-state index contributed by atoms with van der Waals surface area (Å²) in [6.45, 7) is 0. The monoisotopic (exact) mass is 138 g/mol. The number of nitrogens with two attached hydrogens (primary N) is 1. The van der Waals surface area contributed by atoms with Crippen LogP contribution >= 0.6 is 0 Å². The SMILES string of the molecule is NC(=O)Nc1ccc[nH+]c1. The molecular weight excluding hydrogens is 130 g/mol. The molecule has 0 bridgehead atoms. The minimum Gasteiger partial charge on any atom is -0.351 e. The first-order valence-corrected chi connectivity index (χ1v) is 2.81. The van der Waals surface area contributed by atoms with E-state index >= 15 is 0 Å². The smallest absolute Gasteiger partial charge is 0.316 e. The van der Waals surface area contributed by atoms with Crippen molar-refractivity contribution >= 4 is 11.7 Å². The van der Waals surface area contributed by atoms with Crippen LogP contribution in [0.5, 0.6) is 0 Å². The summed E-state index contributed by atoms with van der Waals surface area (Å²) in [6.07, 6.45) is 3.39. The number of hydrogen-bond acceptors (Lipinski definition) is 1. The molecule has 0 aromatic carbocycles. The van der Waals surface area contributed by atoms with Crippen LogP contribution in [-0.4, -0.2) is 6.03 Å². The third-order valence-corrected chi connectivity index (χ3v) is 0.975. The highest BCUT2D eigenvalue weighted by Crippen LogP contribution is 1.98.